The van der Waals surface area contributed by atoms with E-state index in [4.69, 9.17) is 9.84 Å². The predicted molar refractivity (Wildman–Crippen MR) is 77.8 cm³/mol. The molecule has 0 radical (unpaired) electrons. The van der Waals surface area contributed by atoms with E-state index in [9.17, 15) is 9.18 Å². The van der Waals surface area contributed by atoms with Crippen molar-refractivity contribution < 1.29 is 19.0 Å². The highest BCUT2D eigenvalue weighted by Crippen LogP contribution is 2.17. The molecule has 0 aliphatic rings. The van der Waals surface area contributed by atoms with Crippen LogP contribution in [0.1, 0.15) is 21.5 Å². The number of rotatable bonds is 6. The van der Waals surface area contributed by atoms with Crippen molar-refractivity contribution in [2.24, 2.45) is 0 Å². The van der Waals surface area contributed by atoms with Crippen LogP contribution < -0.4 is 5.32 Å². The highest BCUT2D eigenvalue weighted by Gasteiger charge is 2.08. The number of ether oxygens (including phenoxy) is 1. The second kappa shape index (κ2) is 6.85. The average molecular weight is 289 g/mol. The zero-order valence-corrected chi connectivity index (χ0v) is 11.6. The van der Waals surface area contributed by atoms with Crippen LogP contribution in [0.5, 0.6) is 0 Å². The van der Waals surface area contributed by atoms with Gasteiger partial charge in [0.1, 0.15) is 5.82 Å². The van der Waals surface area contributed by atoms with Gasteiger partial charge >= 0.3 is 5.97 Å². The van der Waals surface area contributed by atoms with Gasteiger partial charge in [-0.3, -0.25) is 0 Å². The second-order valence-corrected chi connectivity index (χ2v) is 4.60. The summed E-state index contributed by atoms with van der Waals surface area (Å²) in [6, 6.07) is 11.4. The lowest BCUT2D eigenvalue weighted by Gasteiger charge is -2.09. The number of carboxylic acid groups (broad SMARTS) is 1. The fourth-order valence-electron chi connectivity index (χ4n) is 1.91. The Morgan fingerprint density at radius 1 is 1.19 bits per heavy atom. The molecule has 0 saturated carbocycles. The molecule has 0 saturated heterocycles. The molecule has 0 aliphatic carbocycles. The number of hydrogen-bond acceptors (Lipinski definition) is 3. The average Bonchev–Trinajstić information content (AvgIpc) is 2.48. The number of hydrogen-bond donors (Lipinski definition) is 2. The zero-order valence-electron chi connectivity index (χ0n) is 11.6. The topological polar surface area (TPSA) is 58.6 Å². The minimum Gasteiger partial charge on any atom is -0.478 e. The summed E-state index contributed by atoms with van der Waals surface area (Å²) < 4.78 is 18.7. The highest BCUT2D eigenvalue weighted by atomic mass is 19.1. The lowest BCUT2D eigenvalue weighted by Crippen LogP contribution is -2.04. The summed E-state index contributed by atoms with van der Waals surface area (Å²) in [4.78, 5) is 10.9. The molecule has 2 aromatic carbocycles. The van der Waals surface area contributed by atoms with E-state index in [2.05, 4.69) is 5.32 Å². The number of halogens is 1. The minimum absolute atomic E-state index is 0.0503. The maximum Gasteiger partial charge on any atom is 0.335 e. The normalized spacial score (nSPS) is 10.4. The van der Waals surface area contributed by atoms with E-state index in [1.165, 1.54) is 12.1 Å². The van der Waals surface area contributed by atoms with Gasteiger partial charge in [-0.25, -0.2) is 9.18 Å². The first-order chi connectivity index (χ1) is 10.1. The van der Waals surface area contributed by atoms with Crippen molar-refractivity contribution in [3.05, 3.63) is 65.0 Å². The number of anilines is 1. The van der Waals surface area contributed by atoms with Gasteiger partial charge in [0.2, 0.25) is 0 Å². The van der Waals surface area contributed by atoms with Crippen LogP contribution in [0.2, 0.25) is 0 Å². The van der Waals surface area contributed by atoms with Crippen LogP contribution in [0, 0.1) is 5.82 Å². The molecule has 0 aliphatic heterocycles. The van der Waals surface area contributed by atoms with Gasteiger partial charge in [0.15, 0.2) is 0 Å². The van der Waals surface area contributed by atoms with Gasteiger partial charge < -0.3 is 15.2 Å². The molecule has 2 aromatic rings. The molecule has 2 N–H and O–H groups in total. The Balaban J connectivity index is 2.05. The van der Waals surface area contributed by atoms with E-state index in [1.54, 1.807) is 7.11 Å². The summed E-state index contributed by atoms with van der Waals surface area (Å²) in [5, 5.41) is 11.8. The molecule has 0 atom stereocenters. The quantitative estimate of drug-likeness (QED) is 0.856. The summed E-state index contributed by atoms with van der Waals surface area (Å²) in [6.45, 7) is 0.955. The Kier molecular flexibility index (Phi) is 4.90. The van der Waals surface area contributed by atoms with Crippen molar-refractivity contribution in [3.63, 3.8) is 0 Å². The Morgan fingerprint density at radius 2 is 1.86 bits per heavy atom. The lowest BCUT2D eigenvalue weighted by molar-refractivity contribution is 0.0697. The third kappa shape index (κ3) is 4.03. The van der Waals surface area contributed by atoms with E-state index in [1.807, 2.05) is 24.3 Å². The Bertz CT molecular complexity index is 626. The smallest absolute Gasteiger partial charge is 0.335 e. The van der Waals surface area contributed by atoms with Crippen LogP contribution in [0.4, 0.5) is 10.1 Å². The number of methoxy groups -OCH3 is 1. The van der Waals surface area contributed by atoms with Crippen LogP contribution >= 0.6 is 0 Å². The molecule has 0 heterocycles. The molecule has 21 heavy (non-hydrogen) atoms. The number of carboxylic acids is 1. The Hall–Kier alpha value is -2.40. The van der Waals surface area contributed by atoms with Gasteiger partial charge in [-0.05, 0) is 29.3 Å². The number of benzene rings is 2. The second-order valence-electron chi connectivity index (χ2n) is 4.60. The molecule has 0 fully saturated rings. The van der Waals surface area contributed by atoms with E-state index < -0.39 is 11.8 Å². The summed E-state index contributed by atoms with van der Waals surface area (Å²) in [5.41, 5.74) is 2.25. The van der Waals surface area contributed by atoms with Gasteiger partial charge in [-0.1, -0.05) is 24.3 Å². The van der Waals surface area contributed by atoms with Crippen LogP contribution in [0.3, 0.4) is 0 Å². The van der Waals surface area contributed by atoms with Crippen LogP contribution in [-0.2, 0) is 17.9 Å². The van der Waals surface area contributed by atoms with Crippen molar-refractivity contribution in [3.8, 4) is 0 Å². The maximum absolute atomic E-state index is 13.6. The number of carbonyl (C=O) groups is 1. The van der Waals surface area contributed by atoms with Gasteiger partial charge in [0.25, 0.3) is 0 Å². The van der Waals surface area contributed by atoms with Crippen molar-refractivity contribution >= 4 is 11.7 Å². The predicted octanol–water partition coefficient (Wildman–Crippen LogP) is 3.28. The van der Waals surface area contributed by atoms with Crippen LogP contribution in [0.15, 0.2) is 42.5 Å². The molecular formula is C16H16FNO3. The van der Waals surface area contributed by atoms with Gasteiger partial charge in [-0.2, -0.15) is 0 Å². The van der Waals surface area contributed by atoms with E-state index in [-0.39, 0.29) is 11.3 Å². The Morgan fingerprint density at radius 3 is 2.48 bits per heavy atom. The van der Waals surface area contributed by atoms with Crippen molar-refractivity contribution in [1.29, 1.82) is 0 Å². The molecule has 110 valence electrons. The first-order valence-corrected chi connectivity index (χ1v) is 6.43. The molecule has 0 bridgehead atoms. The first-order valence-electron chi connectivity index (χ1n) is 6.43. The monoisotopic (exact) mass is 289 g/mol. The van der Waals surface area contributed by atoms with E-state index in [0.717, 1.165) is 17.2 Å². The van der Waals surface area contributed by atoms with Gasteiger partial charge in [0, 0.05) is 13.7 Å². The van der Waals surface area contributed by atoms with E-state index >= 15 is 0 Å². The molecule has 0 aromatic heterocycles. The van der Waals surface area contributed by atoms with Crippen molar-refractivity contribution in [2.75, 3.05) is 12.4 Å². The third-order valence-electron chi connectivity index (χ3n) is 3.03. The molecule has 0 unspecified atom stereocenters. The van der Waals surface area contributed by atoms with Gasteiger partial charge in [0.05, 0.1) is 17.9 Å². The fraction of sp³-hybridized carbons (Fsp3) is 0.188. The molecular weight excluding hydrogens is 273 g/mol. The molecule has 0 spiro atoms. The SMILES string of the molecule is COCc1ccc(CNc2cc(C(=O)O)ccc2F)cc1. The largest absolute Gasteiger partial charge is 0.478 e. The molecule has 4 nitrogen and oxygen atoms in total. The minimum atomic E-state index is -1.08. The Labute approximate surface area is 122 Å². The maximum atomic E-state index is 13.6. The molecule has 2 rings (SSSR count). The molecule has 0 amide bonds. The van der Waals surface area contributed by atoms with Crippen LogP contribution in [0.25, 0.3) is 0 Å². The van der Waals surface area contributed by atoms with Crippen molar-refractivity contribution in [2.45, 2.75) is 13.2 Å². The van der Waals surface area contributed by atoms with Gasteiger partial charge in [-0.15, -0.1) is 0 Å². The number of aromatic carboxylic acids is 1. The first kappa shape index (κ1) is 15.0. The summed E-state index contributed by atoms with van der Waals surface area (Å²) in [7, 11) is 1.63. The van der Waals surface area contributed by atoms with Crippen LogP contribution in [-0.4, -0.2) is 18.2 Å². The van der Waals surface area contributed by atoms with E-state index in [0.29, 0.717) is 13.2 Å². The fourth-order valence-corrected chi connectivity index (χ4v) is 1.91. The lowest BCUT2D eigenvalue weighted by atomic mass is 10.1. The summed E-state index contributed by atoms with van der Waals surface area (Å²) in [5.74, 6) is -1.56. The number of nitrogens with one attached hydrogen (secondary N) is 1. The standard InChI is InChI=1S/C16H16FNO3/c1-21-10-12-4-2-11(3-5-12)9-18-15-8-13(16(19)20)6-7-14(15)17/h2-8,18H,9-10H2,1H3,(H,19,20). The highest BCUT2D eigenvalue weighted by molar-refractivity contribution is 5.88. The third-order valence-corrected chi connectivity index (χ3v) is 3.03. The zero-order chi connectivity index (χ0) is 15.2. The molecule has 5 heteroatoms. The van der Waals surface area contributed by atoms with Crippen molar-refractivity contribution in [1.82, 2.24) is 0 Å². The summed E-state index contributed by atoms with van der Waals surface area (Å²) >= 11 is 0. The summed E-state index contributed by atoms with van der Waals surface area (Å²) in [6.07, 6.45) is 0.